The molecular weight excluding hydrogens is 570 g/mol. The van der Waals surface area contributed by atoms with Gasteiger partial charge in [-0.25, -0.2) is 4.79 Å². The molecule has 13 heteroatoms. The molecule has 0 atom stereocenters. The Morgan fingerprint density at radius 1 is 1.05 bits per heavy atom. The molecule has 3 N–H and O–H groups in total. The summed E-state index contributed by atoms with van der Waals surface area (Å²) in [6.07, 6.45) is 2.05. The second-order valence-electron chi connectivity index (χ2n) is 8.29. The molecule has 0 aliphatic carbocycles. The summed E-state index contributed by atoms with van der Waals surface area (Å²) in [7, 11) is -4.94. The smallest absolute Gasteiger partial charge is 0.349 e. The van der Waals surface area contributed by atoms with Gasteiger partial charge in [-0.1, -0.05) is 41.4 Å². The highest BCUT2D eigenvalue weighted by atomic mass is 35.5. The molecule has 0 spiro atoms. The summed E-state index contributed by atoms with van der Waals surface area (Å²) in [5, 5.41) is 3.35. The quantitative estimate of drug-likeness (QED) is 0.202. The Balaban J connectivity index is 1.37. The van der Waals surface area contributed by atoms with Crippen LogP contribution in [0.1, 0.15) is 16.8 Å². The third-order valence-corrected chi connectivity index (χ3v) is 7.09. The van der Waals surface area contributed by atoms with Gasteiger partial charge in [0.05, 0.1) is 21.5 Å². The second-order valence-corrected chi connectivity index (χ2v) is 10.5. The first kappa shape index (κ1) is 28.1. The van der Waals surface area contributed by atoms with E-state index in [9.17, 15) is 21.9 Å². The first-order chi connectivity index (χ1) is 18.5. The van der Waals surface area contributed by atoms with Gasteiger partial charge < -0.3 is 15.8 Å². The summed E-state index contributed by atoms with van der Waals surface area (Å²) < 4.78 is 42.6. The summed E-state index contributed by atoms with van der Waals surface area (Å²) in [5.41, 5.74) is 7.00. The predicted octanol–water partition coefficient (Wildman–Crippen LogP) is 5.18. The van der Waals surface area contributed by atoms with Gasteiger partial charge in [0.25, 0.3) is 5.91 Å². The average Bonchev–Trinajstić information content (AvgIpc) is 2.89. The van der Waals surface area contributed by atoms with Gasteiger partial charge in [0.15, 0.2) is 0 Å². The fraction of sp³-hybridized carbons (Fsp3) is 0.115. The van der Waals surface area contributed by atoms with Crippen molar-refractivity contribution in [1.29, 1.82) is 0 Å². The molecule has 4 aromatic rings. The number of carbonyl (C=O) groups excluding carboxylic acids is 1. The van der Waals surface area contributed by atoms with Crippen LogP contribution in [0.25, 0.3) is 11.1 Å². The lowest BCUT2D eigenvalue weighted by Gasteiger charge is -2.12. The summed E-state index contributed by atoms with van der Waals surface area (Å²) in [6.45, 7) is 0.539. The molecule has 0 aliphatic heterocycles. The van der Waals surface area contributed by atoms with Crippen LogP contribution >= 0.6 is 23.2 Å². The zero-order chi connectivity index (χ0) is 28.2. The third-order valence-electron chi connectivity index (χ3n) is 5.54. The zero-order valence-corrected chi connectivity index (χ0v) is 22.4. The van der Waals surface area contributed by atoms with E-state index >= 15 is 0 Å². The van der Waals surface area contributed by atoms with Crippen LogP contribution in [-0.4, -0.2) is 30.5 Å². The molecule has 0 radical (unpaired) electrons. The van der Waals surface area contributed by atoms with Crippen molar-refractivity contribution in [3.63, 3.8) is 0 Å². The van der Waals surface area contributed by atoms with Gasteiger partial charge in [0.2, 0.25) is 0 Å². The first-order valence-corrected chi connectivity index (χ1v) is 13.6. The van der Waals surface area contributed by atoms with Crippen molar-refractivity contribution in [2.45, 2.75) is 17.9 Å². The monoisotopic (exact) mass is 590 g/mol. The van der Waals surface area contributed by atoms with Gasteiger partial charge >= 0.3 is 15.9 Å². The molecule has 1 aromatic heterocycles. The van der Waals surface area contributed by atoms with Crippen LogP contribution in [-0.2, 0) is 16.8 Å². The molecule has 0 saturated heterocycles. The minimum absolute atomic E-state index is 0.0252. The van der Waals surface area contributed by atoms with Crippen molar-refractivity contribution >= 4 is 50.8 Å². The number of nitrogens with two attached hydrogens (primary N) is 1. The van der Waals surface area contributed by atoms with Gasteiger partial charge in [-0.2, -0.15) is 13.4 Å². The van der Waals surface area contributed by atoms with Crippen LogP contribution in [0.5, 0.6) is 5.75 Å². The van der Waals surface area contributed by atoms with Crippen molar-refractivity contribution in [2.75, 3.05) is 17.7 Å². The zero-order valence-electron chi connectivity index (χ0n) is 20.1. The molecule has 3 aromatic carbocycles. The number of rotatable bonds is 9. The molecule has 4 rings (SSSR count). The van der Waals surface area contributed by atoms with E-state index in [1.54, 1.807) is 48.7 Å². The topological polar surface area (TPSA) is 133 Å². The van der Waals surface area contributed by atoms with Crippen molar-refractivity contribution < 1.29 is 21.8 Å². The Morgan fingerprint density at radius 2 is 1.82 bits per heavy atom. The van der Waals surface area contributed by atoms with Crippen molar-refractivity contribution in [2.24, 2.45) is 0 Å². The number of hydrogen-bond donors (Lipinski definition) is 2. The van der Waals surface area contributed by atoms with Crippen LogP contribution in [0.2, 0.25) is 10.0 Å². The molecule has 0 bridgehead atoms. The van der Waals surface area contributed by atoms with Gasteiger partial charge in [0.1, 0.15) is 11.6 Å². The average molecular weight is 591 g/mol. The number of aromatic nitrogens is 2. The molecular formula is C26H21Cl2FN4O5S. The molecule has 0 unspecified atom stereocenters. The maximum Gasteiger partial charge on any atom is 0.349 e. The van der Waals surface area contributed by atoms with Crippen molar-refractivity contribution in [3.8, 4) is 16.9 Å². The Labute approximate surface area is 233 Å². The maximum absolute atomic E-state index is 13.3. The lowest BCUT2D eigenvalue weighted by atomic mass is 10.1. The predicted molar refractivity (Wildman–Crippen MR) is 148 cm³/mol. The Bertz CT molecular complexity index is 1710. The van der Waals surface area contributed by atoms with E-state index in [1.165, 1.54) is 16.7 Å². The molecule has 0 saturated carbocycles. The van der Waals surface area contributed by atoms with Crippen molar-refractivity contribution in [3.05, 3.63) is 99.0 Å². The molecule has 39 heavy (non-hydrogen) atoms. The molecule has 0 fully saturated rings. The van der Waals surface area contributed by atoms with Gasteiger partial charge in [-0.15, -0.1) is 3.89 Å². The number of carbonyl (C=O) groups is 1. The Morgan fingerprint density at radius 3 is 2.56 bits per heavy atom. The highest BCUT2D eigenvalue weighted by Gasteiger charge is 2.15. The number of nitrogens with one attached hydrogen (secondary N) is 1. The minimum Gasteiger partial charge on any atom is -0.493 e. The number of aryl methyl sites for hydroxylation is 1. The van der Waals surface area contributed by atoms with E-state index in [0.29, 0.717) is 45.6 Å². The maximum atomic E-state index is 13.3. The number of anilines is 2. The minimum atomic E-state index is -4.94. The number of nitrogen functional groups attached to an aromatic ring is 1. The first-order valence-electron chi connectivity index (χ1n) is 11.4. The van der Waals surface area contributed by atoms with E-state index in [2.05, 4.69) is 10.3 Å². The summed E-state index contributed by atoms with van der Waals surface area (Å²) in [6, 6.07) is 16.2. The number of nitrogens with zero attached hydrogens (tertiary/aromatic N) is 2. The van der Waals surface area contributed by atoms with Crippen LogP contribution in [0, 0.1) is 0 Å². The summed E-state index contributed by atoms with van der Waals surface area (Å²) in [5.74, 6) is -0.0967. The third kappa shape index (κ3) is 7.14. The molecule has 1 heterocycles. The lowest BCUT2D eigenvalue weighted by molar-refractivity contribution is 0.102. The molecule has 1 amide bonds. The van der Waals surface area contributed by atoms with Crippen LogP contribution in [0.4, 0.5) is 15.4 Å². The Kier molecular flexibility index (Phi) is 8.54. The number of amides is 1. The highest BCUT2D eigenvalue weighted by Crippen LogP contribution is 2.30. The van der Waals surface area contributed by atoms with E-state index in [0.717, 1.165) is 12.1 Å². The van der Waals surface area contributed by atoms with E-state index in [1.807, 2.05) is 0 Å². The molecule has 0 aliphatic rings. The highest BCUT2D eigenvalue weighted by molar-refractivity contribution is 7.86. The van der Waals surface area contributed by atoms with E-state index in [-0.39, 0.29) is 18.0 Å². The van der Waals surface area contributed by atoms with Gasteiger partial charge in [-0.05, 0) is 54.4 Å². The molecule has 9 nitrogen and oxygen atoms in total. The summed E-state index contributed by atoms with van der Waals surface area (Å²) in [4.78, 5) is 28.1. The van der Waals surface area contributed by atoms with Gasteiger partial charge in [0, 0.05) is 35.6 Å². The Hall–Kier alpha value is -3.93. The largest absolute Gasteiger partial charge is 0.493 e. The SMILES string of the molecule is Nc1nc(=O)n(CCCOc2cccc(NC(=O)c3cccc(S(=O)(=O)F)c3)c2)cc1-c1ccc(Cl)c(Cl)c1. The normalized spacial score (nSPS) is 11.3. The fourth-order valence-electron chi connectivity index (χ4n) is 3.63. The number of hydrogen-bond acceptors (Lipinski definition) is 7. The van der Waals surface area contributed by atoms with Gasteiger partial charge in [-0.3, -0.25) is 9.36 Å². The number of benzene rings is 3. The number of halogens is 3. The number of ether oxygens (including phenoxy) is 1. The van der Waals surface area contributed by atoms with Crippen LogP contribution in [0.3, 0.4) is 0 Å². The molecule has 202 valence electrons. The van der Waals surface area contributed by atoms with Crippen LogP contribution < -0.4 is 21.5 Å². The second kappa shape index (κ2) is 11.9. The van der Waals surface area contributed by atoms with Crippen molar-refractivity contribution in [1.82, 2.24) is 9.55 Å². The van der Waals surface area contributed by atoms with Crippen LogP contribution in [0.15, 0.2) is 82.6 Å². The standard InChI is InChI=1S/C26H21Cl2FN4O5S/c27-22-9-8-16(13-23(22)28)21-15-33(26(35)32-24(21)30)10-3-11-38-19-6-2-5-18(14-19)31-25(34)17-4-1-7-20(12-17)39(29,36)37/h1-2,4-9,12-15H,3,10-11H2,(H,31,34)(H2,30,32,35). The lowest BCUT2D eigenvalue weighted by Crippen LogP contribution is -2.25. The van der Waals surface area contributed by atoms with E-state index in [4.69, 9.17) is 33.7 Å². The van der Waals surface area contributed by atoms with E-state index < -0.39 is 26.7 Å². The summed E-state index contributed by atoms with van der Waals surface area (Å²) >= 11 is 12.1. The fourth-order valence-corrected chi connectivity index (χ4v) is 4.44.